The van der Waals surface area contributed by atoms with Crippen molar-refractivity contribution >= 4 is 11.8 Å². The molecule has 0 aromatic heterocycles. The molecule has 9 heavy (non-hydrogen) atoms. The van der Waals surface area contributed by atoms with Crippen molar-refractivity contribution in [2.75, 3.05) is 0 Å². The van der Waals surface area contributed by atoms with Crippen LogP contribution in [0.4, 0.5) is 0 Å². The summed E-state index contributed by atoms with van der Waals surface area (Å²) in [7, 11) is 0. The summed E-state index contributed by atoms with van der Waals surface area (Å²) in [6, 6.07) is 0. The Kier molecular flexibility index (Phi) is 1.38. The van der Waals surface area contributed by atoms with E-state index in [1.54, 1.807) is 0 Å². The van der Waals surface area contributed by atoms with E-state index in [2.05, 4.69) is 23.6 Å². The highest BCUT2D eigenvalue weighted by atomic mass is 32.2. The minimum atomic E-state index is 0.791. The third kappa shape index (κ3) is 0.940. The maximum Gasteiger partial charge on any atom is 0.0331 e. The molecule has 0 aromatic rings. The molecule has 0 nitrogen and oxygen atoms in total. The van der Waals surface area contributed by atoms with Crippen molar-refractivity contribution in [2.24, 2.45) is 5.92 Å². The van der Waals surface area contributed by atoms with E-state index < -0.39 is 0 Å². The van der Waals surface area contributed by atoms with E-state index >= 15 is 0 Å². The standard InChI is InChI=1S/C8H10S/c1-2-4-8-7(3-1)5-6-9-8/h2,4-8H,1,3H2. The van der Waals surface area contributed by atoms with Gasteiger partial charge in [-0.3, -0.25) is 0 Å². The maximum absolute atomic E-state index is 2.35. The zero-order valence-corrected chi connectivity index (χ0v) is 6.10. The summed E-state index contributed by atoms with van der Waals surface area (Å²) in [5, 5.41) is 3.03. The Labute approximate surface area is 60.0 Å². The highest BCUT2D eigenvalue weighted by Gasteiger charge is 2.22. The molecule has 0 aromatic carbocycles. The van der Waals surface area contributed by atoms with E-state index in [-0.39, 0.29) is 0 Å². The fourth-order valence-corrected chi connectivity index (χ4v) is 2.52. The van der Waals surface area contributed by atoms with Crippen LogP contribution in [-0.4, -0.2) is 5.25 Å². The van der Waals surface area contributed by atoms with Crippen molar-refractivity contribution < 1.29 is 0 Å². The largest absolute Gasteiger partial charge is 0.126 e. The molecule has 2 rings (SSSR count). The van der Waals surface area contributed by atoms with Gasteiger partial charge in [-0.05, 0) is 24.2 Å². The summed E-state index contributed by atoms with van der Waals surface area (Å²) < 4.78 is 0. The van der Waals surface area contributed by atoms with Crippen molar-refractivity contribution in [1.82, 2.24) is 0 Å². The lowest BCUT2D eigenvalue weighted by Crippen LogP contribution is -2.11. The van der Waals surface area contributed by atoms with Gasteiger partial charge in [-0.25, -0.2) is 0 Å². The maximum atomic E-state index is 2.35. The Morgan fingerprint density at radius 3 is 3.22 bits per heavy atom. The van der Waals surface area contributed by atoms with Gasteiger partial charge < -0.3 is 0 Å². The first-order chi connectivity index (χ1) is 4.47. The monoisotopic (exact) mass is 138 g/mol. The molecule has 1 aliphatic carbocycles. The van der Waals surface area contributed by atoms with Crippen LogP contribution < -0.4 is 0 Å². The van der Waals surface area contributed by atoms with E-state index in [9.17, 15) is 0 Å². The van der Waals surface area contributed by atoms with Gasteiger partial charge in [0.1, 0.15) is 0 Å². The Balaban J connectivity index is 2.16. The fraction of sp³-hybridized carbons (Fsp3) is 0.500. The van der Waals surface area contributed by atoms with Crippen LogP contribution in [0.15, 0.2) is 23.6 Å². The zero-order valence-electron chi connectivity index (χ0n) is 5.29. The Morgan fingerprint density at radius 1 is 1.33 bits per heavy atom. The average molecular weight is 138 g/mol. The van der Waals surface area contributed by atoms with Gasteiger partial charge in [0.25, 0.3) is 0 Å². The predicted octanol–water partition coefficient (Wildman–Crippen LogP) is 2.58. The molecule has 2 atom stereocenters. The third-order valence-corrected chi connectivity index (χ3v) is 3.11. The first kappa shape index (κ1) is 5.60. The first-order valence-corrected chi connectivity index (χ1v) is 4.40. The van der Waals surface area contributed by atoms with Crippen molar-refractivity contribution in [3.8, 4) is 0 Å². The summed E-state index contributed by atoms with van der Waals surface area (Å²) in [5.41, 5.74) is 0. The van der Waals surface area contributed by atoms with Crippen LogP contribution in [-0.2, 0) is 0 Å². The van der Waals surface area contributed by atoms with Gasteiger partial charge in [-0.15, -0.1) is 11.8 Å². The SMILES string of the molecule is C1=CC2SC=CC2CC1. The number of allylic oxidation sites excluding steroid dienone is 2. The molecule has 2 aliphatic rings. The lowest BCUT2D eigenvalue weighted by molar-refractivity contribution is 0.603. The number of rotatable bonds is 0. The second kappa shape index (κ2) is 2.22. The molecule has 0 spiro atoms. The molecule has 0 radical (unpaired) electrons. The van der Waals surface area contributed by atoms with Gasteiger partial charge in [0.15, 0.2) is 0 Å². The van der Waals surface area contributed by atoms with Gasteiger partial charge >= 0.3 is 0 Å². The number of hydrogen-bond donors (Lipinski definition) is 0. The first-order valence-electron chi connectivity index (χ1n) is 3.45. The van der Waals surface area contributed by atoms with Gasteiger partial charge in [0, 0.05) is 5.25 Å². The Morgan fingerprint density at radius 2 is 2.33 bits per heavy atom. The normalized spacial score (nSPS) is 39.1. The van der Waals surface area contributed by atoms with E-state index in [0.29, 0.717) is 0 Å². The van der Waals surface area contributed by atoms with Crippen LogP contribution in [0.5, 0.6) is 0 Å². The molecule has 1 heteroatoms. The van der Waals surface area contributed by atoms with Gasteiger partial charge in [-0.1, -0.05) is 18.2 Å². The lowest BCUT2D eigenvalue weighted by Gasteiger charge is -2.17. The second-order valence-electron chi connectivity index (χ2n) is 2.60. The van der Waals surface area contributed by atoms with Gasteiger partial charge in [0.05, 0.1) is 0 Å². The molecule has 1 heterocycles. The van der Waals surface area contributed by atoms with Crippen molar-refractivity contribution in [3.63, 3.8) is 0 Å². The highest BCUT2D eigenvalue weighted by Crippen LogP contribution is 2.36. The van der Waals surface area contributed by atoms with E-state index in [4.69, 9.17) is 0 Å². The predicted molar refractivity (Wildman–Crippen MR) is 42.4 cm³/mol. The zero-order chi connectivity index (χ0) is 6.10. The molecule has 1 aliphatic heterocycles. The average Bonchev–Trinajstić information content (AvgIpc) is 2.33. The number of hydrogen-bond acceptors (Lipinski definition) is 1. The second-order valence-corrected chi connectivity index (χ2v) is 3.69. The van der Waals surface area contributed by atoms with E-state index in [1.807, 2.05) is 11.8 Å². The molecule has 0 saturated carbocycles. The van der Waals surface area contributed by atoms with Crippen molar-refractivity contribution in [1.29, 1.82) is 0 Å². The van der Waals surface area contributed by atoms with Crippen LogP contribution in [0.25, 0.3) is 0 Å². The summed E-state index contributed by atoms with van der Waals surface area (Å²) in [4.78, 5) is 0. The smallest absolute Gasteiger partial charge is 0.0331 e. The summed E-state index contributed by atoms with van der Waals surface area (Å²) in [5.74, 6) is 0.861. The van der Waals surface area contributed by atoms with Crippen LogP contribution >= 0.6 is 11.8 Å². The van der Waals surface area contributed by atoms with Crippen molar-refractivity contribution in [3.05, 3.63) is 23.6 Å². The molecule has 2 unspecified atom stereocenters. The molecule has 0 bridgehead atoms. The number of fused-ring (bicyclic) bond motifs is 1. The molecule has 0 N–H and O–H groups in total. The quantitative estimate of drug-likeness (QED) is 0.464. The van der Waals surface area contributed by atoms with Crippen LogP contribution in [0.1, 0.15) is 12.8 Å². The molecule has 0 amide bonds. The van der Waals surface area contributed by atoms with Crippen LogP contribution in [0.2, 0.25) is 0 Å². The molecule has 48 valence electrons. The van der Waals surface area contributed by atoms with Crippen LogP contribution in [0, 0.1) is 5.92 Å². The van der Waals surface area contributed by atoms with Crippen LogP contribution in [0.3, 0.4) is 0 Å². The minimum Gasteiger partial charge on any atom is -0.126 e. The van der Waals surface area contributed by atoms with Crippen molar-refractivity contribution in [2.45, 2.75) is 18.1 Å². The summed E-state index contributed by atoms with van der Waals surface area (Å²) in [6.07, 6.45) is 9.65. The molecule has 0 saturated heterocycles. The van der Waals surface area contributed by atoms with E-state index in [0.717, 1.165) is 11.2 Å². The third-order valence-electron chi connectivity index (χ3n) is 1.98. The van der Waals surface area contributed by atoms with E-state index in [1.165, 1.54) is 12.8 Å². The van der Waals surface area contributed by atoms with Gasteiger partial charge in [0.2, 0.25) is 0 Å². The lowest BCUT2D eigenvalue weighted by atomic mass is 9.94. The highest BCUT2D eigenvalue weighted by molar-refractivity contribution is 8.03. The van der Waals surface area contributed by atoms with Gasteiger partial charge in [-0.2, -0.15) is 0 Å². The fourth-order valence-electron chi connectivity index (χ4n) is 1.42. The molecular formula is C8H10S. The molecule has 0 fully saturated rings. The summed E-state index contributed by atoms with van der Waals surface area (Å²) >= 11 is 1.96. The number of thioether (sulfide) groups is 1. The topological polar surface area (TPSA) is 0 Å². The summed E-state index contributed by atoms with van der Waals surface area (Å²) in [6.45, 7) is 0. The Bertz CT molecular complexity index is 158. The molecular weight excluding hydrogens is 128 g/mol. The minimum absolute atomic E-state index is 0.791. The Hall–Kier alpha value is -0.170.